The first kappa shape index (κ1) is 28.6. The summed E-state index contributed by atoms with van der Waals surface area (Å²) in [6, 6.07) is 65.6. The fourth-order valence-corrected chi connectivity index (χ4v) is 8.06. The second-order valence-electron chi connectivity index (χ2n) is 13.2. The van der Waals surface area contributed by atoms with Crippen molar-refractivity contribution >= 4 is 44.2 Å². The highest BCUT2D eigenvalue weighted by Crippen LogP contribution is 2.54. The average Bonchev–Trinajstić information content (AvgIpc) is 3.57. The van der Waals surface area contributed by atoms with E-state index >= 15 is 0 Å². The Bertz CT molecular complexity index is 2570. The smallest absolute Gasteiger partial charge is 0.135 e. The lowest BCUT2D eigenvalue weighted by Crippen LogP contribution is -2.16. The van der Waals surface area contributed by atoms with Crippen LogP contribution in [-0.4, -0.2) is 0 Å². The van der Waals surface area contributed by atoms with Crippen LogP contribution >= 0.6 is 0 Å². The normalized spacial score (nSPS) is 15.9. The Hall–Kier alpha value is -6.38. The van der Waals surface area contributed by atoms with Crippen LogP contribution in [0.5, 0.6) is 5.75 Å². The Morgan fingerprint density at radius 2 is 1.06 bits per heavy atom. The summed E-state index contributed by atoms with van der Waals surface area (Å²) in [4.78, 5) is 2.43. The van der Waals surface area contributed by atoms with E-state index < -0.39 is 0 Å². The monoisotopic (exact) mass is 639 g/mol. The summed E-state index contributed by atoms with van der Waals surface area (Å²) in [5.41, 5.74) is 12.0. The van der Waals surface area contributed by atoms with E-state index in [4.69, 9.17) is 4.74 Å². The minimum Gasteiger partial charge on any atom is -0.484 e. The van der Waals surface area contributed by atoms with Crippen LogP contribution in [0, 0.1) is 0 Å². The average molecular weight is 640 g/mol. The summed E-state index contributed by atoms with van der Waals surface area (Å²) >= 11 is 0. The van der Waals surface area contributed by atoms with Crippen molar-refractivity contribution in [3.8, 4) is 16.9 Å². The molecule has 2 atom stereocenters. The van der Waals surface area contributed by atoms with Gasteiger partial charge in [-0.25, -0.2) is 0 Å². The largest absolute Gasteiger partial charge is 0.484 e. The molecule has 1 heterocycles. The van der Waals surface area contributed by atoms with Crippen LogP contribution in [0.25, 0.3) is 38.2 Å². The van der Waals surface area contributed by atoms with Crippen LogP contribution < -0.4 is 9.64 Å². The molecule has 50 heavy (non-hydrogen) atoms. The molecule has 2 unspecified atom stereocenters. The van der Waals surface area contributed by atoms with Crippen molar-refractivity contribution < 1.29 is 4.74 Å². The first-order valence-electron chi connectivity index (χ1n) is 17.3. The Kier molecular flexibility index (Phi) is 6.67. The highest BCUT2D eigenvalue weighted by molar-refractivity contribution is 6.14. The van der Waals surface area contributed by atoms with Crippen molar-refractivity contribution in [1.82, 2.24) is 0 Å². The van der Waals surface area contributed by atoms with E-state index in [2.05, 4.69) is 193 Å². The summed E-state index contributed by atoms with van der Waals surface area (Å²) in [6.45, 7) is 0. The summed E-state index contributed by atoms with van der Waals surface area (Å²) < 4.78 is 6.80. The number of benzene rings is 8. The van der Waals surface area contributed by atoms with Crippen LogP contribution in [0.15, 0.2) is 188 Å². The van der Waals surface area contributed by atoms with Gasteiger partial charge in [0.2, 0.25) is 0 Å². The van der Waals surface area contributed by atoms with Crippen LogP contribution in [0.3, 0.4) is 0 Å². The van der Waals surface area contributed by atoms with Crippen LogP contribution in [0.1, 0.15) is 34.3 Å². The van der Waals surface area contributed by atoms with Crippen LogP contribution in [0.4, 0.5) is 17.1 Å². The van der Waals surface area contributed by atoms with Gasteiger partial charge in [0, 0.05) is 33.8 Å². The number of hydrogen-bond donors (Lipinski definition) is 0. The maximum atomic E-state index is 6.80. The zero-order valence-corrected chi connectivity index (χ0v) is 27.4. The molecule has 2 nitrogen and oxygen atoms in total. The van der Waals surface area contributed by atoms with Gasteiger partial charge in [-0.15, -0.1) is 0 Å². The molecule has 0 radical (unpaired) electrons. The second-order valence-corrected chi connectivity index (χ2v) is 13.2. The number of rotatable bonds is 5. The van der Waals surface area contributed by atoms with Crippen molar-refractivity contribution in [2.45, 2.75) is 12.0 Å². The molecule has 0 saturated heterocycles. The van der Waals surface area contributed by atoms with Crippen LogP contribution in [-0.2, 0) is 0 Å². The molecular formula is C48H33NO. The van der Waals surface area contributed by atoms with Gasteiger partial charge in [-0.05, 0) is 80.4 Å². The van der Waals surface area contributed by atoms with E-state index in [-0.39, 0.29) is 12.0 Å². The van der Waals surface area contributed by atoms with Crippen molar-refractivity contribution in [2.24, 2.45) is 0 Å². The minimum absolute atomic E-state index is 0.0657. The number of ether oxygens (including phenoxy) is 1. The molecule has 0 fully saturated rings. The van der Waals surface area contributed by atoms with Crippen molar-refractivity contribution in [1.29, 1.82) is 0 Å². The lowest BCUT2D eigenvalue weighted by atomic mass is 9.78. The van der Waals surface area contributed by atoms with Gasteiger partial charge < -0.3 is 9.64 Å². The summed E-state index contributed by atoms with van der Waals surface area (Å²) in [6.07, 6.45) is 2.37. The molecule has 0 spiro atoms. The standard InChI is InChI=1S/C48H33NO/c1-3-13-32(14-4-1)33-23-25-36(26-24-33)49(46-29-35-17-7-8-18-38(35)39-19-9-11-21-41(39)46)37-27-28-47-44(30-37)45-31-43(34-15-5-2-6-16-34)40-20-10-12-22-42(40)48(45)50-47/h1-31,45,48H. The Labute approximate surface area is 292 Å². The molecule has 0 N–H and O–H groups in total. The van der Waals surface area contributed by atoms with Gasteiger partial charge in [0.1, 0.15) is 11.9 Å². The molecule has 1 aliphatic heterocycles. The highest BCUT2D eigenvalue weighted by atomic mass is 16.5. The third kappa shape index (κ3) is 4.64. The third-order valence-electron chi connectivity index (χ3n) is 10.4. The van der Waals surface area contributed by atoms with Gasteiger partial charge in [-0.1, -0.05) is 152 Å². The van der Waals surface area contributed by atoms with Crippen molar-refractivity contribution in [2.75, 3.05) is 4.90 Å². The maximum Gasteiger partial charge on any atom is 0.135 e. The van der Waals surface area contributed by atoms with Gasteiger partial charge >= 0.3 is 0 Å². The zero-order chi connectivity index (χ0) is 33.0. The van der Waals surface area contributed by atoms with E-state index in [0.29, 0.717) is 0 Å². The lowest BCUT2D eigenvalue weighted by Gasteiger charge is -2.29. The topological polar surface area (TPSA) is 12.5 Å². The molecule has 10 rings (SSSR count). The number of hydrogen-bond acceptors (Lipinski definition) is 2. The molecule has 1 aliphatic carbocycles. The van der Waals surface area contributed by atoms with E-state index in [1.807, 2.05) is 0 Å². The zero-order valence-electron chi connectivity index (χ0n) is 27.4. The molecule has 0 amide bonds. The first-order chi connectivity index (χ1) is 24.8. The van der Waals surface area contributed by atoms with Gasteiger partial charge in [-0.2, -0.15) is 0 Å². The molecule has 0 saturated carbocycles. The summed E-state index contributed by atoms with van der Waals surface area (Å²) in [7, 11) is 0. The number of fused-ring (bicyclic) bond motifs is 8. The number of anilines is 3. The summed E-state index contributed by atoms with van der Waals surface area (Å²) in [5.74, 6) is 1.04. The van der Waals surface area contributed by atoms with E-state index in [1.54, 1.807) is 0 Å². The SMILES string of the molecule is C1=C(c2ccccc2)c2ccccc2C2Oc3ccc(N(c4ccc(-c5ccccc5)cc4)c4cc5ccccc5c5ccccc45)cc3C12. The fraction of sp³-hybridized carbons (Fsp3) is 0.0417. The van der Waals surface area contributed by atoms with Gasteiger partial charge in [0.25, 0.3) is 0 Å². The Balaban J connectivity index is 1.17. The molecule has 8 aromatic rings. The molecule has 236 valence electrons. The van der Waals surface area contributed by atoms with Crippen molar-refractivity contribution in [3.63, 3.8) is 0 Å². The summed E-state index contributed by atoms with van der Waals surface area (Å²) in [5, 5.41) is 4.94. The Morgan fingerprint density at radius 1 is 0.440 bits per heavy atom. The second kappa shape index (κ2) is 11.6. The minimum atomic E-state index is -0.0657. The van der Waals surface area contributed by atoms with Gasteiger partial charge in [0.05, 0.1) is 5.69 Å². The molecular weight excluding hydrogens is 607 g/mol. The quantitative estimate of drug-likeness (QED) is 0.174. The fourth-order valence-electron chi connectivity index (χ4n) is 8.06. The molecule has 2 heteroatoms. The van der Waals surface area contributed by atoms with Gasteiger partial charge in [-0.3, -0.25) is 0 Å². The molecule has 8 aromatic carbocycles. The van der Waals surface area contributed by atoms with E-state index in [1.165, 1.54) is 60.5 Å². The molecule has 2 aliphatic rings. The van der Waals surface area contributed by atoms with Crippen molar-refractivity contribution in [3.05, 3.63) is 210 Å². The predicted octanol–water partition coefficient (Wildman–Crippen LogP) is 12.8. The van der Waals surface area contributed by atoms with Gasteiger partial charge in [0.15, 0.2) is 0 Å². The number of nitrogens with zero attached hydrogens (tertiary/aromatic N) is 1. The predicted molar refractivity (Wildman–Crippen MR) is 208 cm³/mol. The third-order valence-corrected chi connectivity index (χ3v) is 10.4. The van der Waals surface area contributed by atoms with E-state index in [0.717, 1.165) is 22.8 Å². The Morgan fingerprint density at radius 3 is 1.86 bits per heavy atom. The molecule has 0 aromatic heterocycles. The van der Waals surface area contributed by atoms with E-state index in [9.17, 15) is 0 Å². The lowest BCUT2D eigenvalue weighted by molar-refractivity contribution is 0.223. The maximum absolute atomic E-state index is 6.80. The molecule has 0 bridgehead atoms. The highest BCUT2D eigenvalue weighted by Gasteiger charge is 2.39. The first-order valence-corrected chi connectivity index (χ1v) is 17.3. The van der Waals surface area contributed by atoms with Crippen LogP contribution in [0.2, 0.25) is 0 Å².